The molecule has 4 nitrogen and oxygen atoms in total. The molecule has 1 heterocycles. The van der Waals surface area contributed by atoms with E-state index in [4.69, 9.17) is 0 Å². The monoisotopic (exact) mass is 239 g/mol. The molecule has 0 amide bonds. The quantitative estimate of drug-likeness (QED) is 0.658. The van der Waals surface area contributed by atoms with Gasteiger partial charge in [0.05, 0.1) is 11.9 Å². The largest absolute Gasteiger partial charge is 0.508 e. The van der Waals surface area contributed by atoms with Crippen LogP contribution in [0.3, 0.4) is 0 Å². The van der Waals surface area contributed by atoms with Crippen LogP contribution in [-0.4, -0.2) is 15.3 Å². The van der Waals surface area contributed by atoms with E-state index in [1.54, 1.807) is 18.5 Å². The standard InChI is InChI=1S/C14H13N3O/c18-14-6-5-10-3-1-2-4-12(10)13(14)9-15-11-7-16-17-8-11/h1-8,15,18H,9H2,(H,16,17). The van der Waals surface area contributed by atoms with Gasteiger partial charge in [-0.1, -0.05) is 30.3 Å². The first kappa shape index (κ1) is 10.7. The maximum atomic E-state index is 9.97. The Morgan fingerprint density at radius 2 is 2.06 bits per heavy atom. The Morgan fingerprint density at radius 1 is 1.17 bits per heavy atom. The number of hydrogen-bond donors (Lipinski definition) is 3. The lowest BCUT2D eigenvalue weighted by Gasteiger charge is -2.10. The van der Waals surface area contributed by atoms with Crippen LogP contribution >= 0.6 is 0 Å². The van der Waals surface area contributed by atoms with Gasteiger partial charge in [0.2, 0.25) is 0 Å². The van der Waals surface area contributed by atoms with Crippen LogP contribution in [0.25, 0.3) is 10.8 Å². The van der Waals surface area contributed by atoms with Crippen LogP contribution in [0.5, 0.6) is 5.75 Å². The molecule has 3 rings (SSSR count). The molecular formula is C14H13N3O. The van der Waals surface area contributed by atoms with Crippen LogP contribution in [0.4, 0.5) is 5.69 Å². The lowest BCUT2D eigenvalue weighted by atomic mass is 10.0. The first-order valence-corrected chi connectivity index (χ1v) is 5.77. The molecular weight excluding hydrogens is 226 g/mol. The minimum absolute atomic E-state index is 0.310. The van der Waals surface area contributed by atoms with Gasteiger partial charge in [-0.3, -0.25) is 5.10 Å². The maximum absolute atomic E-state index is 9.97. The summed E-state index contributed by atoms with van der Waals surface area (Å²) in [6, 6.07) is 11.7. The number of nitrogens with zero attached hydrogens (tertiary/aromatic N) is 1. The van der Waals surface area contributed by atoms with Gasteiger partial charge in [-0.2, -0.15) is 5.10 Å². The zero-order chi connectivity index (χ0) is 12.4. The van der Waals surface area contributed by atoms with Gasteiger partial charge in [-0.05, 0) is 16.8 Å². The van der Waals surface area contributed by atoms with Gasteiger partial charge in [0.15, 0.2) is 0 Å². The molecule has 0 spiro atoms. The van der Waals surface area contributed by atoms with E-state index >= 15 is 0 Å². The van der Waals surface area contributed by atoms with Crippen molar-refractivity contribution < 1.29 is 5.11 Å². The van der Waals surface area contributed by atoms with Gasteiger partial charge in [0.1, 0.15) is 5.75 Å². The molecule has 0 fully saturated rings. The number of fused-ring (bicyclic) bond motifs is 1. The van der Waals surface area contributed by atoms with Crippen molar-refractivity contribution in [1.82, 2.24) is 10.2 Å². The number of nitrogens with one attached hydrogen (secondary N) is 2. The van der Waals surface area contributed by atoms with E-state index in [1.165, 1.54) is 0 Å². The number of rotatable bonds is 3. The number of aromatic nitrogens is 2. The van der Waals surface area contributed by atoms with Crippen molar-refractivity contribution in [2.45, 2.75) is 6.54 Å². The predicted octanol–water partition coefficient (Wildman–Crippen LogP) is 2.88. The van der Waals surface area contributed by atoms with Gasteiger partial charge in [0, 0.05) is 18.3 Å². The fraction of sp³-hybridized carbons (Fsp3) is 0.0714. The van der Waals surface area contributed by atoms with Crippen molar-refractivity contribution in [2.24, 2.45) is 0 Å². The molecule has 3 N–H and O–H groups in total. The Hall–Kier alpha value is -2.49. The number of aromatic hydroxyl groups is 1. The van der Waals surface area contributed by atoms with Crippen LogP contribution in [-0.2, 0) is 6.54 Å². The van der Waals surface area contributed by atoms with Crippen molar-refractivity contribution in [1.29, 1.82) is 0 Å². The zero-order valence-corrected chi connectivity index (χ0v) is 9.72. The molecule has 0 bridgehead atoms. The van der Waals surface area contributed by atoms with Gasteiger partial charge >= 0.3 is 0 Å². The molecule has 0 aliphatic rings. The number of hydrogen-bond acceptors (Lipinski definition) is 3. The van der Waals surface area contributed by atoms with E-state index in [-0.39, 0.29) is 0 Å². The van der Waals surface area contributed by atoms with Gasteiger partial charge < -0.3 is 10.4 Å². The van der Waals surface area contributed by atoms with E-state index in [2.05, 4.69) is 15.5 Å². The van der Waals surface area contributed by atoms with Gasteiger partial charge in [-0.25, -0.2) is 0 Å². The number of anilines is 1. The molecule has 0 atom stereocenters. The molecule has 1 aromatic heterocycles. The summed E-state index contributed by atoms with van der Waals surface area (Å²) >= 11 is 0. The summed E-state index contributed by atoms with van der Waals surface area (Å²) in [4.78, 5) is 0. The third kappa shape index (κ3) is 1.88. The predicted molar refractivity (Wildman–Crippen MR) is 71.5 cm³/mol. The Morgan fingerprint density at radius 3 is 2.89 bits per heavy atom. The molecule has 0 saturated carbocycles. The SMILES string of the molecule is Oc1ccc2ccccc2c1CNc1cn[nH]c1. The molecule has 0 aliphatic heterocycles. The number of aromatic amines is 1. The molecule has 0 radical (unpaired) electrons. The lowest BCUT2D eigenvalue weighted by molar-refractivity contribution is 0.470. The van der Waals surface area contributed by atoms with E-state index in [0.717, 1.165) is 22.0 Å². The third-order valence-corrected chi connectivity index (χ3v) is 2.98. The van der Waals surface area contributed by atoms with Crippen LogP contribution in [0.15, 0.2) is 48.8 Å². The van der Waals surface area contributed by atoms with Gasteiger partial charge in [0.25, 0.3) is 0 Å². The Labute approximate surface area is 104 Å². The molecule has 2 aromatic carbocycles. The highest BCUT2D eigenvalue weighted by Crippen LogP contribution is 2.27. The topological polar surface area (TPSA) is 60.9 Å². The Kier molecular flexibility index (Phi) is 2.61. The summed E-state index contributed by atoms with van der Waals surface area (Å²) in [6.45, 7) is 0.562. The number of benzene rings is 2. The molecule has 90 valence electrons. The number of phenolic OH excluding ortho intramolecular Hbond substituents is 1. The summed E-state index contributed by atoms with van der Waals surface area (Å²) in [5, 5.41) is 22.0. The van der Waals surface area contributed by atoms with Crippen molar-refractivity contribution in [3.8, 4) is 5.75 Å². The summed E-state index contributed by atoms with van der Waals surface area (Å²) < 4.78 is 0. The zero-order valence-electron chi connectivity index (χ0n) is 9.72. The summed E-state index contributed by atoms with van der Waals surface area (Å²) in [7, 11) is 0. The fourth-order valence-electron chi connectivity index (χ4n) is 2.05. The summed E-state index contributed by atoms with van der Waals surface area (Å²) in [6.07, 6.45) is 3.49. The molecule has 0 unspecified atom stereocenters. The number of phenols is 1. The average Bonchev–Trinajstić information content (AvgIpc) is 2.91. The second kappa shape index (κ2) is 4.41. The molecule has 0 saturated heterocycles. The van der Waals surface area contributed by atoms with Crippen molar-refractivity contribution in [3.05, 3.63) is 54.4 Å². The highest BCUT2D eigenvalue weighted by Gasteiger charge is 2.06. The second-order valence-electron chi connectivity index (χ2n) is 4.12. The number of H-pyrrole nitrogens is 1. The van der Waals surface area contributed by atoms with E-state index < -0.39 is 0 Å². The van der Waals surface area contributed by atoms with E-state index in [0.29, 0.717) is 12.3 Å². The van der Waals surface area contributed by atoms with Gasteiger partial charge in [-0.15, -0.1) is 0 Å². The van der Waals surface area contributed by atoms with E-state index in [9.17, 15) is 5.11 Å². The molecule has 4 heteroatoms. The normalized spacial score (nSPS) is 10.7. The smallest absolute Gasteiger partial charge is 0.121 e. The highest BCUT2D eigenvalue weighted by atomic mass is 16.3. The summed E-state index contributed by atoms with van der Waals surface area (Å²) in [5.41, 5.74) is 1.80. The minimum Gasteiger partial charge on any atom is -0.508 e. The average molecular weight is 239 g/mol. The van der Waals surface area contributed by atoms with Crippen molar-refractivity contribution in [2.75, 3.05) is 5.32 Å². The summed E-state index contributed by atoms with van der Waals surface area (Å²) in [5.74, 6) is 0.310. The van der Waals surface area contributed by atoms with E-state index in [1.807, 2.05) is 30.3 Å². The van der Waals surface area contributed by atoms with Crippen LogP contribution in [0.2, 0.25) is 0 Å². The van der Waals surface area contributed by atoms with Crippen LogP contribution in [0, 0.1) is 0 Å². The van der Waals surface area contributed by atoms with Crippen molar-refractivity contribution >= 4 is 16.5 Å². The maximum Gasteiger partial charge on any atom is 0.121 e. The molecule has 0 aliphatic carbocycles. The molecule has 3 aromatic rings. The highest BCUT2D eigenvalue weighted by molar-refractivity contribution is 5.87. The van der Waals surface area contributed by atoms with Crippen molar-refractivity contribution in [3.63, 3.8) is 0 Å². The Bertz CT molecular complexity index is 662. The third-order valence-electron chi connectivity index (χ3n) is 2.98. The minimum atomic E-state index is 0.310. The first-order chi connectivity index (χ1) is 8.84. The second-order valence-corrected chi connectivity index (χ2v) is 4.12. The van der Waals surface area contributed by atoms with Crippen LogP contribution < -0.4 is 5.32 Å². The fourth-order valence-corrected chi connectivity index (χ4v) is 2.05. The van der Waals surface area contributed by atoms with Crippen LogP contribution in [0.1, 0.15) is 5.56 Å². The molecule has 18 heavy (non-hydrogen) atoms. The first-order valence-electron chi connectivity index (χ1n) is 5.77. The lowest BCUT2D eigenvalue weighted by Crippen LogP contribution is -1.99. The Balaban J connectivity index is 1.97.